The number of carbonyl (C=O) groups excluding carboxylic acids is 4. The Hall–Kier alpha value is -3.06. The summed E-state index contributed by atoms with van der Waals surface area (Å²) in [5.41, 5.74) is 4.30. The van der Waals surface area contributed by atoms with Crippen LogP contribution < -0.4 is 9.80 Å². The molecule has 2 aromatic carbocycles. The van der Waals surface area contributed by atoms with Gasteiger partial charge in [-0.1, -0.05) is 84.4 Å². The summed E-state index contributed by atoms with van der Waals surface area (Å²) in [4.78, 5) is 60.0. The van der Waals surface area contributed by atoms with Gasteiger partial charge < -0.3 is 9.80 Å². The van der Waals surface area contributed by atoms with Gasteiger partial charge in [0.15, 0.2) is 0 Å². The average Bonchev–Trinajstić information content (AvgIpc) is 3.48. The number of thiocarbonyl (C=S) groups is 2. The molecular formula is C32H32N4O4S4. The highest BCUT2D eigenvalue weighted by Gasteiger charge is 2.42. The quantitative estimate of drug-likeness (QED) is 0.273. The van der Waals surface area contributed by atoms with E-state index in [9.17, 15) is 19.2 Å². The zero-order valence-corrected chi connectivity index (χ0v) is 27.4. The zero-order valence-electron chi connectivity index (χ0n) is 24.2. The first-order valence-electron chi connectivity index (χ1n) is 14.9. The molecule has 4 aliphatic heterocycles. The van der Waals surface area contributed by atoms with Crippen LogP contribution in [0, 0.1) is 0 Å². The molecule has 0 N–H and O–H groups in total. The minimum atomic E-state index is -0.324. The summed E-state index contributed by atoms with van der Waals surface area (Å²) in [7, 11) is 0. The molecule has 8 nitrogen and oxygen atoms in total. The molecule has 0 aliphatic carbocycles. The van der Waals surface area contributed by atoms with E-state index in [1.807, 2.05) is 46.2 Å². The number of anilines is 2. The van der Waals surface area contributed by atoms with E-state index in [4.69, 9.17) is 24.4 Å². The lowest BCUT2D eigenvalue weighted by molar-refractivity contribution is -0.125. The molecule has 0 bridgehead atoms. The van der Waals surface area contributed by atoms with Crippen LogP contribution in [0.4, 0.5) is 11.4 Å². The Bertz CT molecular complexity index is 1480. The molecule has 4 amide bonds. The molecular weight excluding hydrogens is 633 g/mol. The highest BCUT2D eigenvalue weighted by molar-refractivity contribution is 8.29. The van der Waals surface area contributed by atoms with Crippen molar-refractivity contribution in [3.8, 4) is 0 Å². The summed E-state index contributed by atoms with van der Waals surface area (Å²) in [5.74, 6) is -0.580. The summed E-state index contributed by atoms with van der Waals surface area (Å²) in [6.45, 7) is 1.99. The summed E-state index contributed by atoms with van der Waals surface area (Å²) < 4.78 is 0.747. The van der Waals surface area contributed by atoms with E-state index in [2.05, 4.69) is 12.1 Å². The minimum Gasteiger partial charge on any atom is -0.312 e. The van der Waals surface area contributed by atoms with Crippen molar-refractivity contribution in [2.24, 2.45) is 0 Å². The van der Waals surface area contributed by atoms with E-state index in [1.54, 1.807) is 0 Å². The molecule has 0 aromatic heterocycles. The number of carbonyl (C=O) groups is 4. The van der Waals surface area contributed by atoms with Gasteiger partial charge in [0, 0.05) is 50.4 Å². The van der Waals surface area contributed by atoms with Crippen molar-refractivity contribution in [3.05, 3.63) is 69.5 Å². The van der Waals surface area contributed by atoms with Crippen molar-refractivity contribution < 1.29 is 19.2 Å². The van der Waals surface area contributed by atoms with Gasteiger partial charge in [0.25, 0.3) is 11.8 Å². The van der Waals surface area contributed by atoms with Gasteiger partial charge in [-0.25, -0.2) is 0 Å². The first-order chi connectivity index (χ1) is 21.3. The van der Waals surface area contributed by atoms with Crippen molar-refractivity contribution in [1.82, 2.24) is 9.80 Å². The van der Waals surface area contributed by atoms with E-state index in [0.717, 1.165) is 60.6 Å². The number of fused-ring (bicyclic) bond motifs is 2. The van der Waals surface area contributed by atoms with Gasteiger partial charge in [-0.3, -0.25) is 29.0 Å². The fourth-order valence-electron chi connectivity index (χ4n) is 6.09. The number of hydrogen-bond acceptors (Lipinski definition) is 8. The third kappa shape index (κ3) is 6.22. The van der Waals surface area contributed by atoms with Crippen LogP contribution in [-0.4, -0.2) is 68.2 Å². The summed E-state index contributed by atoms with van der Waals surface area (Å²) >= 11 is 13.2. The second kappa shape index (κ2) is 13.5. The van der Waals surface area contributed by atoms with Gasteiger partial charge in [-0.2, -0.15) is 0 Å². The van der Waals surface area contributed by atoms with Gasteiger partial charge in [0.05, 0.1) is 9.81 Å². The third-order valence-corrected chi connectivity index (χ3v) is 11.3. The van der Waals surface area contributed by atoms with E-state index in [1.165, 1.54) is 20.9 Å². The molecule has 0 saturated carbocycles. The lowest BCUT2D eigenvalue weighted by Gasteiger charge is -2.29. The molecule has 4 heterocycles. The van der Waals surface area contributed by atoms with Crippen LogP contribution >= 0.6 is 48.0 Å². The van der Waals surface area contributed by atoms with Gasteiger partial charge in [0.1, 0.15) is 8.64 Å². The normalized spacial score (nSPS) is 20.0. The number of aryl methyl sites for hydroxylation is 2. The molecule has 0 radical (unpaired) electrons. The predicted octanol–water partition coefficient (Wildman–Crippen LogP) is 5.44. The monoisotopic (exact) mass is 664 g/mol. The number of nitrogens with zero attached hydrogens (tertiary/aromatic N) is 4. The highest BCUT2D eigenvalue weighted by atomic mass is 32.2. The maximum atomic E-state index is 13.4. The molecule has 6 rings (SSSR count). The molecule has 44 heavy (non-hydrogen) atoms. The molecule has 12 heteroatoms. The standard InChI is InChI=1S/C32H32N4O4S4/c37-25(33-17-5-11-21-9-1-3-13-23(21)33)15-7-19-35-29(39)27(43-31(35)41)28-30(40)36(32(42)44-28)20-8-16-26(38)34-18-6-12-22-10-2-4-14-24(22)34/h1-4,9-10,13-14H,5-8,11-12,15-20H2/b28-27+. The van der Waals surface area contributed by atoms with E-state index < -0.39 is 0 Å². The van der Waals surface area contributed by atoms with Gasteiger partial charge in [0.2, 0.25) is 11.8 Å². The largest absolute Gasteiger partial charge is 0.312 e. The van der Waals surface area contributed by atoms with Gasteiger partial charge in [-0.05, 0) is 61.8 Å². The van der Waals surface area contributed by atoms with Crippen molar-refractivity contribution in [2.45, 2.75) is 51.4 Å². The third-order valence-electron chi connectivity index (χ3n) is 8.27. The Morgan fingerprint density at radius 2 is 1.07 bits per heavy atom. The SMILES string of the molecule is O=C1/C(=C2\SC(=S)N(CCCC(=O)N3CCCc4ccccc43)C2=O)SC(=S)N1CCCC(=O)N1CCCc2ccccc21. The topological polar surface area (TPSA) is 81.2 Å². The van der Waals surface area contributed by atoms with Crippen molar-refractivity contribution in [3.63, 3.8) is 0 Å². The van der Waals surface area contributed by atoms with E-state index >= 15 is 0 Å². The van der Waals surface area contributed by atoms with Crippen LogP contribution in [0.1, 0.15) is 49.7 Å². The summed E-state index contributed by atoms with van der Waals surface area (Å²) in [5, 5.41) is 0. The van der Waals surface area contributed by atoms with Crippen LogP contribution in [0.3, 0.4) is 0 Å². The van der Waals surface area contributed by atoms with Crippen LogP contribution in [0.25, 0.3) is 0 Å². The van der Waals surface area contributed by atoms with Crippen LogP contribution in [-0.2, 0) is 32.0 Å². The van der Waals surface area contributed by atoms with Gasteiger partial charge in [-0.15, -0.1) is 0 Å². The van der Waals surface area contributed by atoms with Crippen LogP contribution in [0.15, 0.2) is 58.3 Å². The molecule has 2 saturated heterocycles. The molecule has 0 unspecified atom stereocenters. The number of benzene rings is 2. The molecule has 2 aromatic rings. The maximum absolute atomic E-state index is 13.4. The average molecular weight is 665 g/mol. The van der Waals surface area contributed by atoms with Crippen molar-refractivity contribution in [1.29, 1.82) is 0 Å². The number of para-hydroxylation sites is 2. The Kier molecular flexibility index (Phi) is 9.51. The van der Waals surface area contributed by atoms with Crippen molar-refractivity contribution >= 4 is 91.6 Å². The molecule has 2 fully saturated rings. The lowest BCUT2D eigenvalue weighted by Crippen LogP contribution is -2.36. The first-order valence-corrected chi connectivity index (χ1v) is 17.4. The summed E-state index contributed by atoms with van der Waals surface area (Å²) in [6, 6.07) is 16.0. The van der Waals surface area contributed by atoms with Crippen LogP contribution in [0.5, 0.6) is 0 Å². The maximum Gasteiger partial charge on any atom is 0.267 e. The lowest BCUT2D eigenvalue weighted by atomic mass is 10.0. The van der Waals surface area contributed by atoms with E-state index in [-0.39, 0.29) is 33.4 Å². The fraction of sp³-hybridized carbons (Fsp3) is 0.375. The minimum absolute atomic E-state index is 0.0337. The Morgan fingerprint density at radius 3 is 1.50 bits per heavy atom. The molecule has 0 atom stereocenters. The van der Waals surface area contributed by atoms with Gasteiger partial charge >= 0.3 is 0 Å². The zero-order chi connectivity index (χ0) is 30.8. The first kappa shape index (κ1) is 30.9. The fourth-order valence-corrected chi connectivity index (χ4v) is 8.86. The number of amides is 4. The molecule has 4 aliphatic rings. The second-order valence-corrected chi connectivity index (χ2v) is 14.4. The molecule has 228 valence electrons. The Balaban J connectivity index is 1.02. The van der Waals surface area contributed by atoms with Crippen molar-refractivity contribution in [2.75, 3.05) is 36.0 Å². The molecule has 0 spiro atoms. The van der Waals surface area contributed by atoms with Crippen LogP contribution in [0.2, 0.25) is 0 Å². The number of rotatable bonds is 8. The smallest absolute Gasteiger partial charge is 0.267 e. The Labute approximate surface area is 276 Å². The van der Waals surface area contributed by atoms with E-state index in [0.29, 0.717) is 60.5 Å². The second-order valence-electron chi connectivity index (χ2n) is 11.1. The predicted molar refractivity (Wildman–Crippen MR) is 184 cm³/mol. The highest BCUT2D eigenvalue weighted by Crippen LogP contribution is 2.42. The number of thioether (sulfide) groups is 2. The number of hydrogen-bond donors (Lipinski definition) is 0. The summed E-state index contributed by atoms with van der Waals surface area (Å²) in [6.07, 6.45) is 5.32. The Morgan fingerprint density at radius 1 is 0.659 bits per heavy atom.